The first-order chi connectivity index (χ1) is 7.59. The van der Waals surface area contributed by atoms with Crippen molar-refractivity contribution in [1.82, 2.24) is 10.3 Å². The summed E-state index contributed by atoms with van der Waals surface area (Å²) >= 11 is 0. The molecule has 0 unspecified atom stereocenters. The average molecular weight is 224 g/mol. The zero-order chi connectivity index (χ0) is 12.0. The van der Waals surface area contributed by atoms with E-state index in [0.29, 0.717) is 13.0 Å². The second-order valence-corrected chi connectivity index (χ2v) is 3.01. The number of nitrogens with one attached hydrogen (secondary N) is 1. The summed E-state index contributed by atoms with van der Waals surface area (Å²) in [5.74, 6) is 3.22. The molecule has 0 atom stereocenters. The number of nitrogens with zero attached hydrogens (tertiary/aromatic N) is 1. The number of carbonyl (C=O) groups excluding carboxylic acids is 1. The maximum Gasteiger partial charge on any atom is 0.231 e. The molecule has 1 heterocycles. The average Bonchev–Trinajstić information content (AvgIpc) is 2.20. The van der Waals surface area contributed by atoms with Crippen LogP contribution < -0.4 is 5.32 Å². The molecule has 1 amide bonds. The fourth-order valence-corrected chi connectivity index (χ4v) is 0.964. The number of rotatable bonds is 2. The van der Waals surface area contributed by atoms with Crippen LogP contribution in [0.1, 0.15) is 18.9 Å². The van der Waals surface area contributed by atoms with Gasteiger partial charge in [-0.1, -0.05) is 11.8 Å². The highest BCUT2D eigenvalue weighted by atomic mass is 19.1. The predicted octanol–water partition coefficient (Wildman–Crippen LogP) is 1.24. The molecule has 16 heavy (non-hydrogen) atoms. The van der Waals surface area contributed by atoms with E-state index < -0.39 is 11.9 Å². The van der Waals surface area contributed by atoms with Gasteiger partial charge in [0.25, 0.3) is 0 Å². The minimum atomic E-state index is -0.924. The molecule has 0 aliphatic rings. The fraction of sp³-hybridized carbons (Fsp3) is 0.273. The lowest BCUT2D eigenvalue weighted by atomic mass is 10.2. The summed E-state index contributed by atoms with van der Waals surface area (Å²) in [4.78, 5) is 13.5. The van der Waals surface area contributed by atoms with Crippen molar-refractivity contribution in [2.75, 3.05) is 6.54 Å². The molecule has 0 saturated carbocycles. The quantitative estimate of drug-likeness (QED) is 0.466. The Hall–Kier alpha value is -1.96. The molecule has 0 saturated heterocycles. The maximum absolute atomic E-state index is 13.0. The molecular formula is C11H10F2N2O. The van der Waals surface area contributed by atoms with E-state index in [1.807, 2.05) is 0 Å². The van der Waals surface area contributed by atoms with Gasteiger partial charge in [0.2, 0.25) is 17.8 Å². The van der Waals surface area contributed by atoms with Crippen LogP contribution in [0.2, 0.25) is 0 Å². The van der Waals surface area contributed by atoms with Gasteiger partial charge in [0, 0.05) is 19.9 Å². The number of carbonyl (C=O) groups is 1. The molecule has 3 nitrogen and oxygen atoms in total. The Labute approximate surface area is 91.9 Å². The van der Waals surface area contributed by atoms with Crippen LogP contribution in [0, 0.1) is 23.7 Å². The topological polar surface area (TPSA) is 42.0 Å². The number of halogens is 2. The zero-order valence-electron chi connectivity index (χ0n) is 8.68. The van der Waals surface area contributed by atoms with E-state index >= 15 is 0 Å². The van der Waals surface area contributed by atoms with E-state index in [-0.39, 0.29) is 11.5 Å². The van der Waals surface area contributed by atoms with Gasteiger partial charge in [-0.2, -0.15) is 13.8 Å². The number of aromatic nitrogens is 1. The molecule has 1 N–H and O–H groups in total. The smallest absolute Gasteiger partial charge is 0.231 e. The molecule has 1 aromatic heterocycles. The van der Waals surface area contributed by atoms with Crippen molar-refractivity contribution < 1.29 is 13.6 Å². The molecule has 0 radical (unpaired) electrons. The second-order valence-electron chi connectivity index (χ2n) is 3.01. The SMILES string of the molecule is CC(=O)NCCC#Cc1ccc(F)nc1F. The molecule has 0 spiro atoms. The van der Waals surface area contributed by atoms with Crippen molar-refractivity contribution in [3.05, 3.63) is 29.6 Å². The summed E-state index contributed by atoms with van der Waals surface area (Å²) in [5, 5.41) is 2.54. The number of hydrogen-bond donors (Lipinski definition) is 1. The summed E-state index contributed by atoms with van der Waals surface area (Å²) in [6, 6.07) is 2.27. The van der Waals surface area contributed by atoms with Gasteiger partial charge >= 0.3 is 0 Å². The van der Waals surface area contributed by atoms with Gasteiger partial charge in [-0.3, -0.25) is 4.79 Å². The summed E-state index contributed by atoms with van der Waals surface area (Å²) in [6.45, 7) is 1.80. The number of pyridine rings is 1. The van der Waals surface area contributed by atoms with Crippen molar-refractivity contribution in [2.45, 2.75) is 13.3 Å². The van der Waals surface area contributed by atoms with Crippen molar-refractivity contribution in [3.63, 3.8) is 0 Å². The van der Waals surface area contributed by atoms with Gasteiger partial charge in [0.1, 0.15) is 0 Å². The monoisotopic (exact) mass is 224 g/mol. The third-order valence-corrected chi connectivity index (χ3v) is 1.66. The van der Waals surface area contributed by atoms with Crippen LogP contribution in [0.5, 0.6) is 0 Å². The van der Waals surface area contributed by atoms with Gasteiger partial charge in [-0.05, 0) is 12.1 Å². The van der Waals surface area contributed by atoms with Crippen molar-refractivity contribution >= 4 is 5.91 Å². The highest BCUT2D eigenvalue weighted by Crippen LogP contribution is 2.03. The van der Waals surface area contributed by atoms with Crippen LogP contribution in [0.15, 0.2) is 12.1 Å². The third kappa shape index (κ3) is 4.05. The molecule has 0 fully saturated rings. The summed E-state index contributed by atoms with van der Waals surface area (Å²) in [7, 11) is 0. The number of hydrogen-bond acceptors (Lipinski definition) is 2. The summed E-state index contributed by atoms with van der Waals surface area (Å²) in [5.41, 5.74) is 0.0456. The lowest BCUT2D eigenvalue weighted by Crippen LogP contribution is -2.20. The summed E-state index contributed by atoms with van der Waals surface area (Å²) in [6.07, 6.45) is 0.399. The molecule has 1 rings (SSSR count). The van der Waals surface area contributed by atoms with Crippen LogP contribution in [-0.2, 0) is 4.79 Å². The van der Waals surface area contributed by atoms with Gasteiger partial charge < -0.3 is 5.32 Å². The van der Waals surface area contributed by atoms with Crippen LogP contribution in [0.4, 0.5) is 8.78 Å². The lowest BCUT2D eigenvalue weighted by Gasteiger charge is -1.95. The van der Waals surface area contributed by atoms with Crippen molar-refractivity contribution in [2.24, 2.45) is 0 Å². The normalized spacial score (nSPS) is 9.19. The first-order valence-electron chi connectivity index (χ1n) is 4.65. The standard InChI is InChI=1S/C11H10F2N2O/c1-8(16)14-7-3-2-4-9-5-6-10(12)15-11(9)13/h5-6H,3,7H2,1H3,(H,14,16). The Bertz CT molecular complexity index is 449. The molecule has 1 aromatic rings. The molecule has 5 heteroatoms. The minimum absolute atomic E-state index is 0.0456. The van der Waals surface area contributed by atoms with E-state index in [2.05, 4.69) is 22.1 Å². The molecule has 0 aliphatic heterocycles. The molecular weight excluding hydrogens is 214 g/mol. The van der Waals surface area contributed by atoms with E-state index in [4.69, 9.17) is 0 Å². The van der Waals surface area contributed by atoms with E-state index in [9.17, 15) is 13.6 Å². The van der Waals surface area contributed by atoms with Gasteiger partial charge in [-0.15, -0.1) is 0 Å². The Kier molecular flexibility index (Phi) is 4.40. The zero-order valence-corrected chi connectivity index (χ0v) is 8.68. The van der Waals surface area contributed by atoms with Crippen molar-refractivity contribution in [3.8, 4) is 11.8 Å². The minimum Gasteiger partial charge on any atom is -0.355 e. The lowest BCUT2D eigenvalue weighted by molar-refractivity contribution is -0.118. The van der Waals surface area contributed by atoms with Crippen LogP contribution in [0.25, 0.3) is 0 Å². The fourth-order valence-electron chi connectivity index (χ4n) is 0.964. The molecule has 84 valence electrons. The first kappa shape index (κ1) is 12.1. The second kappa shape index (κ2) is 5.81. The summed E-state index contributed by atoms with van der Waals surface area (Å²) < 4.78 is 25.4. The third-order valence-electron chi connectivity index (χ3n) is 1.66. The molecule has 0 aliphatic carbocycles. The van der Waals surface area contributed by atoms with Crippen LogP contribution in [-0.4, -0.2) is 17.4 Å². The predicted molar refractivity (Wildman–Crippen MR) is 54.3 cm³/mol. The number of amides is 1. The largest absolute Gasteiger partial charge is 0.355 e. The van der Waals surface area contributed by atoms with Gasteiger partial charge in [-0.25, -0.2) is 0 Å². The van der Waals surface area contributed by atoms with Gasteiger partial charge in [0.05, 0.1) is 5.56 Å². The van der Waals surface area contributed by atoms with Crippen LogP contribution in [0.3, 0.4) is 0 Å². The van der Waals surface area contributed by atoms with Crippen molar-refractivity contribution in [1.29, 1.82) is 0 Å². The maximum atomic E-state index is 13.0. The molecule has 0 aromatic carbocycles. The first-order valence-corrected chi connectivity index (χ1v) is 4.65. The Balaban J connectivity index is 2.53. The highest BCUT2D eigenvalue weighted by molar-refractivity contribution is 5.72. The van der Waals surface area contributed by atoms with E-state index in [0.717, 1.165) is 6.07 Å². The Morgan fingerprint density at radius 1 is 1.50 bits per heavy atom. The highest BCUT2D eigenvalue weighted by Gasteiger charge is 2.01. The Morgan fingerprint density at radius 2 is 2.25 bits per heavy atom. The van der Waals surface area contributed by atoms with E-state index in [1.165, 1.54) is 13.0 Å². The van der Waals surface area contributed by atoms with E-state index in [1.54, 1.807) is 0 Å². The Morgan fingerprint density at radius 3 is 2.88 bits per heavy atom. The van der Waals surface area contributed by atoms with Gasteiger partial charge in [0.15, 0.2) is 0 Å². The van der Waals surface area contributed by atoms with Crippen LogP contribution >= 0.6 is 0 Å². The molecule has 0 bridgehead atoms.